The molecule has 0 amide bonds. The molecule has 0 saturated heterocycles. The molecule has 234 valence electrons. The van der Waals surface area contributed by atoms with Crippen LogP contribution in [0.5, 0.6) is 23.0 Å². The van der Waals surface area contributed by atoms with Crippen LogP contribution in [0.25, 0.3) is 6.08 Å². The molecular formula is C38H35ClN2O5. The summed E-state index contributed by atoms with van der Waals surface area (Å²) in [6.45, 7) is 9.08. The third-order valence-electron chi connectivity index (χ3n) is 7.51. The van der Waals surface area contributed by atoms with Crippen molar-refractivity contribution in [2.24, 2.45) is 5.73 Å². The number of carbonyl (C=O) groups is 1. The van der Waals surface area contributed by atoms with Crippen LogP contribution in [-0.4, -0.2) is 12.6 Å². The number of fused-ring (bicyclic) bond motifs is 1. The van der Waals surface area contributed by atoms with Crippen molar-refractivity contribution in [3.05, 3.63) is 135 Å². The highest BCUT2D eigenvalue weighted by Crippen LogP contribution is 2.45. The number of hydrogen-bond donors (Lipinski definition) is 1. The lowest BCUT2D eigenvalue weighted by molar-refractivity contribution is -0.128. The lowest BCUT2D eigenvalue weighted by atomic mass is 9.83. The summed E-state index contributed by atoms with van der Waals surface area (Å²) in [7, 11) is 0. The highest BCUT2D eigenvalue weighted by atomic mass is 35.5. The van der Waals surface area contributed by atoms with Crippen LogP contribution in [-0.2, 0) is 16.8 Å². The van der Waals surface area contributed by atoms with E-state index in [1.54, 1.807) is 24.3 Å². The fourth-order valence-corrected chi connectivity index (χ4v) is 5.21. The van der Waals surface area contributed by atoms with Crippen LogP contribution < -0.4 is 24.7 Å². The number of allylic oxidation sites excluding steroid dienone is 1. The van der Waals surface area contributed by atoms with E-state index in [0.717, 1.165) is 16.7 Å². The SMILES string of the molecule is CCOc1cc(C2C(C#N)=C(N)Oc3cc(OC(=O)/C=C/c4ccc(C(C)(C)C)cc4)ccc32)ccc1OCc1ccc(Cl)cc1. The number of ether oxygens (including phenoxy) is 4. The van der Waals surface area contributed by atoms with Crippen molar-refractivity contribution in [3.63, 3.8) is 0 Å². The van der Waals surface area contributed by atoms with Crippen molar-refractivity contribution in [3.8, 4) is 29.1 Å². The van der Waals surface area contributed by atoms with Crippen molar-refractivity contribution in [1.82, 2.24) is 0 Å². The number of nitrogens with two attached hydrogens (primary N) is 1. The fraction of sp³-hybridized carbons (Fsp3) is 0.211. The van der Waals surface area contributed by atoms with Crippen LogP contribution in [0.1, 0.15) is 61.4 Å². The highest BCUT2D eigenvalue weighted by Gasteiger charge is 2.32. The van der Waals surface area contributed by atoms with E-state index in [1.165, 1.54) is 11.6 Å². The topological polar surface area (TPSA) is 104 Å². The molecule has 2 N–H and O–H groups in total. The van der Waals surface area contributed by atoms with E-state index in [-0.39, 0.29) is 22.6 Å². The van der Waals surface area contributed by atoms with Gasteiger partial charge >= 0.3 is 5.97 Å². The molecule has 1 aliphatic rings. The summed E-state index contributed by atoms with van der Waals surface area (Å²) in [6.07, 6.45) is 3.08. The normalized spacial score (nSPS) is 14.3. The largest absolute Gasteiger partial charge is 0.490 e. The first-order chi connectivity index (χ1) is 22.0. The lowest BCUT2D eigenvalue weighted by Gasteiger charge is -2.27. The molecule has 0 saturated carbocycles. The molecule has 8 heteroatoms. The molecule has 0 aromatic heterocycles. The van der Waals surface area contributed by atoms with Gasteiger partial charge in [0.25, 0.3) is 0 Å². The van der Waals surface area contributed by atoms with Crippen molar-refractivity contribution in [2.45, 2.75) is 45.6 Å². The average Bonchev–Trinajstić information content (AvgIpc) is 3.03. The van der Waals surface area contributed by atoms with Crippen molar-refractivity contribution in [1.29, 1.82) is 5.26 Å². The summed E-state index contributed by atoms with van der Waals surface area (Å²) in [5.74, 6) is 0.650. The summed E-state index contributed by atoms with van der Waals surface area (Å²) in [4.78, 5) is 12.7. The first-order valence-corrected chi connectivity index (χ1v) is 15.3. The molecule has 1 atom stereocenters. The Labute approximate surface area is 274 Å². The summed E-state index contributed by atoms with van der Waals surface area (Å²) in [5, 5.41) is 10.7. The predicted octanol–water partition coefficient (Wildman–Crippen LogP) is 8.45. The Bertz CT molecular complexity index is 1830. The van der Waals surface area contributed by atoms with Gasteiger partial charge in [-0.15, -0.1) is 0 Å². The molecule has 0 fully saturated rings. The molecular weight excluding hydrogens is 600 g/mol. The number of benzene rings is 4. The van der Waals surface area contributed by atoms with Crippen molar-refractivity contribution in [2.75, 3.05) is 6.61 Å². The molecule has 0 radical (unpaired) electrons. The molecule has 46 heavy (non-hydrogen) atoms. The highest BCUT2D eigenvalue weighted by molar-refractivity contribution is 6.30. The van der Waals surface area contributed by atoms with Gasteiger partial charge in [-0.2, -0.15) is 5.26 Å². The summed E-state index contributed by atoms with van der Waals surface area (Å²) in [5.41, 5.74) is 11.0. The average molecular weight is 635 g/mol. The smallest absolute Gasteiger partial charge is 0.336 e. The van der Waals surface area contributed by atoms with E-state index in [1.807, 2.05) is 61.5 Å². The molecule has 0 spiro atoms. The monoisotopic (exact) mass is 634 g/mol. The number of nitriles is 1. The molecule has 1 heterocycles. The fourth-order valence-electron chi connectivity index (χ4n) is 5.08. The van der Waals surface area contributed by atoms with Gasteiger partial charge in [0.1, 0.15) is 29.7 Å². The second kappa shape index (κ2) is 13.8. The number of rotatable bonds is 9. The Balaban J connectivity index is 1.36. The quantitative estimate of drug-likeness (QED) is 0.112. The van der Waals surface area contributed by atoms with E-state index >= 15 is 0 Å². The minimum absolute atomic E-state index is 0.0249. The summed E-state index contributed by atoms with van der Waals surface area (Å²) >= 11 is 6.01. The second-order valence-electron chi connectivity index (χ2n) is 11.8. The van der Waals surface area contributed by atoms with Gasteiger partial charge in [-0.3, -0.25) is 0 Å². The van der Waals surface area contributed by atoms with E-state index in [0.29, 0.717) is 41.0 Å². The van der Waals surface area contributed by atoms with Gasteiger partial charge in [0.15, 0.2) is 11.5 Å². The first-order valence-electron chi connectivity index (χ1n) is 14.9. The Morgan fingerprint density at radius 1 is 0.978 bits per heavy atom. The maximum atomic E-state index is 12.7. The molecule has 4 aromatic rings. The van der Waals surface area contributed by atoms with Crippen LogP contribution in [0.2, 0.25) is 5.02 Å². The Morgan fingerprint density at radius 3 is 2.39 bits per heavy atom. The number of esters is 1. The van der Waals surface area contributed by atoms with E-state index in [2.05, 4.69) is 39.0 Å². The number of hydrogen-bond acceptors (Lipinski definition) is 7. The predicted molar refractivity (Wildman–Crippen MR) is 179 cm³/mol. The van der Waals surface area contributed by atoms with Gasteiger partial charge in [0.05, 0.1) is 12.5 Å². The maximum Gasteiger partial charge on any atom is 0.336 e. The van der Waals surface area contributed by atoms with E-state index in [9.17, 15) is 10.1 Å². The van der Waals surface area contributed by atoms with Crippen molar-refractivity contribution >= 4 is 23.6 Å². The van der Waals surface area contributed by atoms with Crippen LogP contribution in [0, 0.1) is 11.3 Å². The molecule has 1 aliphatic heterocycles. The van der Waals surface area contributed by atoms with Gasteiger partial charge in [0.2, 0.25) is 5.88 Å². The summed E-state index contributed by atoms with van der Waals surface area (Å²) < 4.78 is 23.4. The molecule has 1 unspecified atom stereocenters. The Hall–Kier alpha value is -5.19. The summed E-state index contributed by atoms with van der Waals surface area (Å²) in [6, 6.07) is 28.2. The van der Waals surface area contributed by atoms with Gasteiger partial charge < -0.3 is 24.7 Å². The molecule has 0 aliphatic carbocycles. The van der Waals surface area contributed by atoms with Gasteiger partial charge in [-0.1, -0.05) is 80.9 Å². The Kier molecular flexibility index (Phi) is 9.69. The van der Waals surface area contributed by atoms with E-state index in [4.69, 9.17) is 36.3 Å². The van der Waals surface area contributed by atoms with Crippen LogP contribution >= 0.6 is 11.6 Å². The van der Waals surface area contributed by atoms with Crippen LogP contribution in [0.3, 0.4) is 0 Å². The standard InChI is InChI=1S/C38H35ClN2O5/c1-5-43-34-20-26(11-18-32(34)44-23-25-8-14-28(39)15-9-25)36-30-17-16-29(21-33(30)46-37(41)31(36)22-40)45-35(42)19-10-24-6-12-27(13-7-24)38(2,3)4/h6-21,36H,5,23,41H2,1-4H3/b19-10+. The Morgan fingerprint density at radius 2 is 1.72 bits per heavy atom. The first kappa shape index (κ1) is 32.2. The maximum absolute atomic E-state index is 12.7. The zero-order chi connectivity index (χ0) is 32.8. The van der Waals surface area contributed by atoms with Gasteiger partial charge in [0, 0.05) is 22.7 Å². The van der Waals surface area contributed by atoms with E-state index < -0.39 is 11.9 Å². The van der Waals surface area contributed by atoms with Crippen LogP contribution in [0.4, 0.5) is 0 Å². The van der Waals surface area contributed by atoms with Crippen LogP contribution in [0.15, 0.2) is 102 Å². The molecule has 7 nitrogen and oxygen atoms in total. The minimum atomic E-state index is -0.543. The molecule has 4 aromatic carbocycles. The zero-order valence-electron chi connectivity index (χ0n) is 26.2. The number of halogens is 1. The third-order valence-corrected chi connectivity index (χ3v) is 7.76. The molecule has 0 bridgehead atoms. The third kappa shape index (κ3) is 7.53. The number of carbonyl (C=O) groups excluding carboxylic acids is 1. The van der Waals surface area contributed by atoms with Gasteiger partial charge in [-0.05, 0) is 71.0 Å². The lowest BCUT2D eigenvalue weighted by Crippen LogP contribution is -2.21. The van der Waals surface area contributed by atoms with Gasteiger partial charge in [-0.25, -0.2) is 4.79 Å². The second-order valence-corrected chi connectivity index (χ2v) is 12.2. The number of nitrogens with zero attached hydrogens (tertiary/aromatic N) is 1. The van der Waals surface area contributed by atoms with Crippen molar-refractivity contribution < 1.29 is 23.7 Å². The zero-order valence-corrected chi connectivity index (χ0v) is 26.9. The minimum Gasteiger partial charge on any atom is -0.490 e. The molecule has 5 rings (SSSR count).